The lowest BCUT2D eigenvalue weighted by molar-refractivity contribution is -0.158. The van der Waals surface area contributed by atoms with Crippen LogP contribution in [0.15, 0.2) is 29.4 Å². The number of nitrogens with one attached hydrogen (secondary N) is 1. The van der Waals surface area contributed by atoms with Crippen molar-refractivity contribution in [2.24, 2.45) is 11.0 Å². The number of benzene rings is 1. The van der Waals surface area contributed by atoms with Crippen LogP contribution in [0.2, 0.25) is 0 Å². The predicted molar refractivity (Wildman–Crippen MR) is 86.7 cm³/mol. The molecule has 0 saturated heterocycles. The lowest BCUT2D eigenvalue weighted by atomic mass is 10.0. The molecule has 0 aliphatic carbocycles. The van der Waals surface area contributed by atoms with Crippen molar-refractivity contribution in [3.05, 3.63) is 24.3 Å². The lowest BCUT2D eigenvalue weighted by Crippen LogP contribution is -2.25. The first-order chi connectivity index (χ1) is 11.1. The number of carboxylic acid groups (broad SMARTS) is 1. The molecule has 0 bridgehead atoms. The molecule has 0 amide bonds. The van der Waals surface area contributed by atoms with Crippen LogP contribution < -0.4 is 10.2 Å². The number of methoxy groups -OCH3 is 1. The molecule has 1 aromatic carbocycles. The van der Waals surface area contributed by atoms with Crippen molar-refractivity contribution in [2.45, 2.75) is 26.2 Å². The van der Waals surface area contributed by atoms with Crippen molar-refractivity contribution in [1.29, 1.82) is 0 Å². The largest absolute Gasteiger partial charge is 0.497 e. The Morgan fingerprint density at radius 2 is 2.04 bits per heavy atom. The average molecular weight is 322 g/mol. The van der Waals surface area contributed by atoms with E-state index in [-0.39, 0.29) is 13.0 Å². The normalized spacial score (nSPS) is 11.9. The SMILES string of the molecule is CCOC(=O)C(CCCC=NNc1ccc(OC)cc1)C(=O)O. The minimum absolute atomic E-state index is 0.176. The summed E-state index contributed by atoms with van der Waals surface area (Å²) < 4.78 is 9.80. The quantitative estimate of drug-likeness (QED) is 0.226. The topological polar surface area (TPSA) is 97.2 Å². The van der Waals surface area contributed by atoms with E-state index >= 15 is 0 Å². The molecule has 0 radical (unpaired) electrons. The van der Waals surface area contributed by atoms with Gasteiger partial charge in [0.1, 0.15) is 5.75 Å². The maximum atomic E-state index is 11.5. The van der Waals surface area contributed by atoms with Gasteiger partial charge in [-0.3, -0.25) is 15.0 Å². The smallest absolute Gasteiger partial charge is 0.320 e. The highest BCUT2D eigenvalue weighted by atomic mass is 16.5. The number of ether oxygens (including phenoxy) is 2. The third-order valence-electron chi connectivity index (χ3n) is 3.07. The Kier molecular flexibility index (Phi) is 8.20. The summed E-state index contributed by atoms with van der Waals surface area (Å²) in [6.45, 7) is 1.82. The molecule has 0 aliphatic rings. The number of anilines is 1. The van der Waals surface area contributed by atoms with Crippen LogP contribution in [0, 0.1) is 5.92 Å². The third-order valence-corrected chi connectivity index (χ3v) is 3.07. The molecule has 1 rings (SSSR count). The van der Waals surface area contributed by atoms with Crippen LogP contribution in [0.3, 0.4) is 0 Å². The molecule has 7 heteroatoms. The molecule has 7 nitrogen and oxygen atoms in total. The molecule has 1 atom stereocenters. The minimum Gasteiger partial charge on any atom is -0.497 e. The fourth-order valence-electron chi connectivity index (χ4n) is 1.85. The molecular weight excluding hydrogens is 300 g/mol. The Labute approximate surface area is 135 Å². The van der Waals surface area contributed by atoms with Crippen LogP contribution >= 0.6 is 0 Å². The van der Waals surface area contributed by atoms with Gasteiger partial charge < -0.3 is 14.6 Å². The second-order valence-corrected chi connectivity index (χ2v) is 4.73. The van der Waals surface area contributed by atoms with E-state index in [1.165, 1.54) is 0 Å². The van der Waals surface area contributed by atoms with Gasteiger partial charge in [0.15, 0.2) is 5.92 Å². The monoisotopic (exact) mass is 322 g/mol. The van der Waals surface area contributed by atoms with Crippen LogP contribution in [0.5, 0.6) is 5.75 Å². The Bertz CT molecular complexity index is 528. The molecule has 0 aliphatic heterocycles. The van der Waals surface area contributed by atoms with E-state index in [4.69, 9.17) is 14.6 Å². The van der Waals surface area contributed by atoms with E-state index in [2.05, 4.69) is 10.5 Å². The molecule has 0 saturated carbocycles. The fraction of sp³-hybridized carbons (Fsp3) is 0.438. The zero-order valence-electron chi connectivity index (χ0n) is 13.3. The number of hydrogen-bond donors (Lipinski definition) is 2. The van der Waals surface area contributed by atoms with Gasteiger partial charge in [-0.15, -0.1) is 0 Å². The molecule has 126 valence electrons. The number of carboxylic acids is 1. The molecule has 1 unspecified atom stereocenters. The summed E-state index contributed by atoms with van der Waals surface area (Å²) in [7, 11) is 1.60. The van der Waals surface area contributed by atoms with Crippen molar-refractivity contribution in [2.75, 3.05) is 19.1 Å². The molecule has 0 aromatic heterocycles. The summed E-state index contributed by atoms with van der Waals surface area (Å²) in [4.78, 5) is 22.5. The minimum atomic E-state index is -1.16. The Balaban J connectivity index is 2.31. The fourth-order valence-corrected chi connectivity index (χ4v) is 1.85. The summed E-state index contributed by atoms with van der Waals surface area (Å²) in [5.74, 6) is -2.19. The zero-order chi connectivity index (χ0) is 17.1. The van der Waals surface area contributed by atoms with E-state index < -0.39 is 17.9 Å². The standard InChI is InChI=1S/C16H22N2O5/c1-3-23-16(21)14(15(19)20)6-4-5-11-17-18-12-7-9-13(22-2)10-8-12/h7-11,14,18H,3-6H2,1-2H3,(H,19,20). The van der Waals surface area contributed by atoms with Crippen molar-refractivity contribution in [3.63, 3.8) is 0 Å². The van der Waals surface area contributed by atoms with Gasteiger partial charge in [-0.1, -0.05) is 0 Å². The van der Waals surface area contributed by atoms with Crippen molar-refractivity contribution >= 4 is 23.8 Å². The highest BCUT2D eigenvalue weighted by Gasteiger charge is 2.26. The van der Waals surface area contributed by atoms with Gasteiger partial charge in [0.2, 0.25) is 0 Å². The first kappa shape index (κ1) is 18.5. The molecule has 0 fully saturated rings. The number of aliphatic carboxylic acids is 1. The van der Waals surface area contributed by atoms with Crippen LogP contribution in [0.4, 0.5) is 5.69 Å². The van der Waals surface area contributed by atoms with Crippen LogP contribution in [-0.2, 0) is 14.3 Å². The number of hydrogen-bond acceptors (Lipinski definition) is 6. The molecule has 23 heavy (non-hydrogen) atoms. The van der Waals surface area contributed by atoms with E-state index in [0.717, 1.165) is 11.4 Å². The number of unbranched alkanes of at least 4 members (excludes halogenated alkanes) is 1. The van der Waals surface area contributed by atoms with Crippen LogP contribution in [-0.4, -0.2) is 37.0 Å². The maximum absolute atomic E-state index is 11.5. The van der Waals surface area contributed by atoms with E-state index in [1.54, 1.807) is 20.2 Å². The lowest BCUT2D eigenvalue weighted by Gasteiger charge is -2.10. The van der Waals surface area contributed by atoms with Crippen molar-refractivity contribution in [1.82, 2.24) is 0 Å². The second-order valence-electron chi connectivity index (χ2n) is 4.73. The number of hydrazone groups is 1. The zero-order valence-corrected chi connectivity index (χ0v) is 13.3. The number of rotatable bonds is 10. The summed E-state index contributed by atoms with van der Waals surface area (Å²) in [5, 5.41) is 13.0. The summed E-state index contributed by atoms with van der Waals surface area (Å²) in [6, 6.07) is 7.29. The highest BCUT2D eigenvalue weighted by Crippen LogP contribution is 2.15. The maximum Gasteiger partial charge on any atom is 0.320 e. The second kappa shape index (κ2) is 10.2. The molecule has 0 heterocycles. The van der Waals surface area contributed by atoms with Crippen molar-refractivity contribution in [3.8, 4) is 5.75 Å². The average Bonchev–Trinajstić information content (AvgIpc) is 2.54. The van der Waals surface area contributed by atoms with Crippen LogP contribution in [0.1, 0.15) is 26.2 Å². The first-order valence-corrected chi connectivity index (χ1v) is 7.39. The first-order valence-electron chi connectivity index (χ1n) is 7.39. The Morgan fingerprint density at radius 1 is 1.35 bits per heavy atom. The molecule has 0 spiro atoms. The van der Waals surface area contributed by atoms with Crippen LogP contribution in [0.25, 0.3) is 0 Å². The summed E-state index contributed by atoms with van der Waals surface area (Å²) in [5.41, 5.74) is 3.67. The van der Waals surface area contributed by atoms with Gasteiger partial charge in [-0.25, -0.2) is 0 Å². The number of nitrogens with zero attached hydrogens (tertiary/aromatic N) is 1. The molecular formula is C16H22N2O5. The van der Waals surface area contributed by atoms with E-state index in [9.17, 15) is 9.59 Å². The summed E-state index contributed by atoms with van der Waals surface area (Å²) in [6.07, 6.45) is 2.97. The van der Waals surface area contributed by atoms with Gasteiger partial charge in [-0.2, -0.15) is 5.10 Å². The predicted octanol–water partition coefficient (Wildman–Crippen LogP) is 2.53. The van der Waals surface area contributed by atoms with Gasteiger partial charge in [0, 0.05) is 6.21 Å². The molecule has 1 aromatic rings. The molecule has 2 N–H and O–H groups in total. The summed E-state index contributed by atoms with van der Waals surface area (Å²) >= 11 is 0. The number of carbonyl (C=O) groups excluding carboxylic acids is 1. The highest BCUT2D eigenvalue weighted by molar-refractivity contribution is 5.93. The Morgan fingerprint density at radius 3 is 2.61 bits per heavy atom. The van der Waals surface area contributed by atoms with Gasteiger partial charge in [0.05, 0.1) is 19.4 Å². The Hall–Kier alpha value is -2.57. The van der Waals surface area contributed by atoms with E-state index in [0.29, 0.717) is 12.8 Å². The van der Waals surface area contributed by atoms with Gasteiger partial charge in [0.25, 0.3) is 0 Å². The van der Waals surface area contributed by atoms with Crippen molar-refractivity contribution < 1.29 is 24.2 Å². The third kappa shape index (κ3) is 6.82. The number of esters is 1. The van der Waals surface area contributed by atoms with Gasteiger partial charge in [-0.05, 0) is 50.5 Å². The number of carbonyl (C=O) groups is 2. The van der Waals surface area contributed by atoms with Gasteiger partial charge >= 0.3 is 11.9 Å². The van der Waals surface area contributed by atoms with E-state index in [1.807, 2.05) is 24.3 Å².